The minimum Gasteiger partial charge on any atom is -0.322 e. The average molecular weight is 472 g/mol. The zero-order chi connectivity index (χ0) is 23.7. The van der Waals surface area contributed by atoms with Gasteiger partial charge in [0.25, 0.3) is 5.91 Å². The van der Waals surface area contributed by atoms with Crippen LogP contribution in [0.15, 0.2) is 90.0 Å². The minimum absolute atomic E-state index is 0.0582. The van der Waals surface area contributed by atoms with Gasteiger partial charge in [0.15, 0.2) is 5.65 Å². The summed E-state index contributed by atoms with van der Waals surface area (Å²) in [5.74, 6) is 0.160. The Hall–Kier alpha value is -4.48. The van der Waals surface area contributed by atoms with Crippen molar-refractivity contribution >= 4 is 27.3 Å². The van der Waals surface area contributed by atoms with Crippen molar-refractivity contribution in [2.24, 2.45) is 5.14 Å². The number of aromatic nitrogens is 5. The van der Waals surface area contributed by atoms with Crippen molar-refractivity contribution in [2.45, 2.75) is 4.90 Å². The maximum atomic E-state index is 12.5. The summed E-state index contributed by atoms with van der Waals surface area (Å²) in [7, 11) is -3.81. The molecule has 3 aromatic heterocycles. The Bertz CT molecular complexity index is 1600. The third kappa shape index (κ3) is 4.25. The average Bonchev–Trinajstić information content (AvgIpc) is 3.28. The number of carbonyl (C=O) groups is 1. The third-order valence-corrected chi connectivity index (χ3v) is 5.97. The van der Waals surface area contributed by atoms with Gasteiger partial charge in [-0.05, 0) is 60.7 Å². The highest BCUT2D eigenvalue weighted by Gasteiger charge is 2.13. The number of amides is 1. The van der Waals surface area contributed by atoms with Crippen LogP contribution in [0.1, 0.15) is 10.4 Å². The van der Waals surface area contributed by atoms with E-state index in [4.69, 9.17) is 5.14 Å². The summed E-state index contributed by atoms with van der Waals surface area (Å²) in [4.78, 5) is 16.7. The largest absolute Gasteiger partial charge is 0.322 e. The van der Waals surface area contributed by atoms with Gasteiger partial charge in [-0.1, -0.05) is 18.2 Å². The van der Waals surface area contributed by atoms with Crippen LogP contribution >= 0.6 is 0 Å². The van der Waals surface area contributed by atoms with Crippen molar-refractivity contribution in [3.8, 4) is 22.8 Å². The second kappa shape index (κ2) is 8.46. The standard InChI is InChI=1S/C23H17N7O3S/c24-34(32,33)18-10-6-16(7-11-18)23(31)26-17-8-4-15(5-9-17)19-12-13-21-27-28-22(30(21)29-19)20-3-1-2-14-25-20/h1-14H,(H,26,31)(H2,24,32,33). The molecule has 168 valence electrons. The number of benzene rings is 2. The van der Waals surface area contributed by atoms with Crippen LogP contribution in [-0.4, -0.2) is 39.1 Å². The van der Waals surface area contributed by atoms with Crippen molar-refractivity contribution in [1.82, 2.24) is 24.8 Å². The molecule has 34 heavy (non-hydrogen) atoms. The second-order valence-electron chi connectivity index (χ2n) is 7.33. The van der Waals surface area contributed by atoms with E-state index in [9.17, 15) is 13.2 Å². The van der Waals surface area contributed by atoms with E-state index < -0.39 is 10.0 Å². The van der Waals surface area contributed by atoms with Crippen molar-refractivity contribution in [3.05, 3.63) is 90.6 Å². The molecule has 10 nitrogen and oxygen atoms in total. The minimum atomic E-state index is -3.81. The summed E-state index contributed by atoms with van der Waals surface area (Å²) < 4.78 is 24.4. The molecule has 0 aliphatic carbocycles. The first-order valence-electron chi connectivity index (χ1n) is 10.1. The Labute approximate surface area is 194 Å². The molecule has 0 bridgehead atoms. The molecule has 0 fully saturated rings. The van der Waals surface area contributed by atoms with Gasteiger partial charge in [0.1, 0.15) is 5.69 Å². The highest BCUT2D eigenvalue weighted by Crippen LogP contribution is 2.22. The van der Waals surface area contributed by atoms with Crippen LogP contribution in [0.2, 0.25) is 0 Å². The fourth-order valence-corrected chi connectivity index (χ4v) is 3.84. The van der Waals surface area contributed by atoms with E-state index in [0.717, 1.165) is 5.56 Å². The molecule has 0 aliphatic rings. The molecular weight excluding hydrogens is 454 g/mol. The Morgan fingerprint density at radius 2 is 1.62 bits per heavy atom. The van der Waals surface area contributed by atoms with Crippen LogP contribution in [0, 0.1) is 0 Å². The van der Waals surface area contributed by atoms with E-state index in [2.05, 4.69) is 25.6 Å². The quantitative estimate of drug-likeness (QED) is 0.401. The lowest BCUT2D eigenvalue weighted by atomic mass is 10.1. The topological polar surface area (TPSA) is 145 Å². The van der Waals surface area contributed by atoms with Gasteiger partial charge in [0, 0.05) is 23.0 Å². The van der Waals surface area contributed by atoms with E-state index in [-0.39, 0.29) is 10.8 Å². The van der Waals surface area contributed by atoms with Gasteiger partial charge in [0.05, 0.1) is 10.6 Å². The predicted molar refractivity (Wildman–Crippen MR) is 125 cm³/mol. The molecule has 0 saturated carbocycles. The van der Waals surface area contributed by atoms with E-state index >= 15 is 0 Å². The maximum absolute atomic E-state index is 12.5. The number of nitrogens with two attached hydrogens (primary N) is 1. The molecule has 11 heteroatoms. The lowest BCUT2D eigenvalue weighted by molar-refractivity contribution is 0.102. The lowest BCUT2D eigenvalue weighted by Crippen LogP contribution is -2.14. The molecule has 1 amide bonds. The zero-order valence-corrected chi connectivity index (χ0v) is 18.3. The summed E-state index contributed by atoms with van der Waals surface area (Å²) in [5.41, 5.74) is 3.66. The summed E-state index contributed by atoms with van der Waals surface area (Å²) >= 11 is 0. The predicted octanol–water partition coefficient (Wildman–Crippen LogP) is 2.75. The first-order valence-corrected chi connectivity index (χ1v) is 11.6. The number of anilines is 1. The summed E-state index contributed by atoms with van der Waals surface area (Å²) in [6.07, 6.45) is 1.68. The monoisotopic (exact) mass is 471 g/mol. The number of pyridine rings is 1. The van der Waals surface area contributed by atoms with Gasteiger partial charge in [-0.3, -0.25) is 9.78 Å². The van der Waals surface area contributed by atoms with Crippen LogP contribution < -0.4 is 10.5 Å². The second-order valence-corrected chi connectivity index (χ2v) is 8.89. The van der Waals surface area contributed by atoms with Crippen molar-refractivity contribution in [2.75, 3.05) is 5.32 Å². The van der Waals surface area contributed by atoms with Crippen LogP contribution in [0.25, 0.3) is 28.4 Å². The summed E-state index contributed by atoms with van der Waals surface area (Å²) in [6.45, 7) is 0. The zero-order valence-electron chi connectivity index (χ0n) is 17.5. The molecule has 0 atom stereocenters. The first-order chi connectivity index (χ1) is 16.4. The van der Waals surface area contributed by atoms with Crippen LogP contribution in [0.3, 0.4) is 0 Å². The molecule has 3 N–H and O–H groups in total. The number of fused-ring (bicyclic) bond motifs is 1. The Kier molecular flexibility index (Phi) is 5.32. The Balaban J connectivity index is 1.36. The van der Waals surface area contributed by atoms with Crippen molar-refractivity contribution in [1.29, 1.82) is 0 Å². The number of rotatable bonds is 5. The smallest absolute Gasteiger partial charge is 0.255 e. The molecule has 0 radical (unpaired) electrons. The SMILES string of the molecule is NS(=O)(=O)c1ccc(C(=O)Nc2ccc(-c3ccc4nnc(-c5ccccn5)n4n3)cc2)cc1. The molecule has 2 aromatic carbocycles. The van der Waals surface area contributed by atoms with Gasteiger partial charge < -0.3 is 5.32 Å². The van der Waals surface area contributed by atoms with Gasteiger partial charge in [0.2, 0.25) is 15.8 Å². The van der Waals surface area contributed by atoms with Gasteiger partial charge in [-0.15, -0.1) is 10.2 Å². The third-order valence-electron chi connectivity index (χ3n) is 5.04. The van der Waals surface area contributed by atoms with E-state index in [1.807, 2.05) is 42.5 Å². The lowest BCUT2D eigenvalue weighted by Gasteiger charge is -2.08. The fraction of sp³-hybridized carbons (Fsp3) is 0. The molecular formula is C23H17N7O3S. The fourth-order valence-electron chi connectivity index (χ4n) is 3.32. The number of hydrogen-bond acceptors (Lipinski definition) is 7. The molecule has 0 unspecified atom stereocenters. The summed E-state index contributed by atoms with van der Waals surface area (Å²) in [6, 6.07) is 21.8. The number of nitrogens with one attached hydrogen (secondary N) is 1. The highest BCUT2D eigenvalue weighted by molar-refractivity contribution is 7.89. The van der Waals surface area contributed by atoms with E-state index in [1.165, 1.54) is 24.3 Å². The number of hydrogen-bond donors (Lipinski definition) is 2. The molecule has 5 rings (SSSR count). The number of nitrogens with zero attached hydrogens (tertiary/aromatic N) is 5. The first kappa shape index (κ1) is 21.4. The highest BCUT2D eigenvalue weighted by atomic mass is 32.2. The van der Waals surface area contributed by atoms with Crippen molar-refractivity contribution in [3.63, 3.8) is 0 Å². The van der Waals surface area contributed by atoms with E-state index in [0.29, 0.717) is 34.1 Å². The molecule has 0 saturated heterocycles. The molecule has 3 heterocycles. The van der Waals surface area contributed by atoms with Crippen molar-refractivity contribution < 1.29 is 13.2 Å². The normalized spacial score (nSPS) is 11.4. The van der Waals surface area contributed by atoms with Gasteiger partial charge >= 0.3 is 0 Å². The Morgan fingerprint density at radius 3 is 2.29 bits per heavy atom. The van der Waals surface area contributed by atoms with Gasteiger partial charge in [-0.2, -0.15) is 9.61 Å². The summed E-state index contributed by atoms with van der Waals surface area (Å²) in [5, 5.41) is 20.9. The number of primary sulfonamides is 1. The van der Waals surface area contributed by atoms with Gasteiger partial charge in [-0.25, -0.2) is 13.6 Å². The molecule has 0 aliphatic heterocycles. The maximum Gasteiger partial charge on any atom is 0.255 e. The molecule has 5 aromatic rings. The number of carbonyl (C=O) groups excluding carboxylic acids is 1. The Morgan fingerprint density at radius 1 is 0.853 bits per heavy atom. The number of sulfonamides is 1. The van der Waals surface area contributed by atoms with E-state index in [1.54, 1.807) is 22.8 Å². The van der Waals surface area contributed by atoms with Crippen LogP contribution in [0.5, 0.6) is 0 Å². The van der Waals surface area contributed by atoms with Crippen LogP contribution in [0.4, 0.5) is 5.69 Å². The van der Waals surface area contributed by atoms with Crippen LogP contribution in [-0.2, 0) is 10.0 Å². The molecule has 0 spiro atoms.